The molecule has 4 rings (SSSR count). The van der Waals surface area contributed by atoms with Crippen molar-refractivity contribution in [2.45, 2.75) is 53.2 Å². The van der Waals surface area contributed by atoms with Crippen molar-refractivity contribution in [1.29, 1.82) is 0 Å². The quantitative estimate of drug-likeness (QED) is 0.277. The minimum Gasteiger partial charge on any atom is -0.460 e. The highest BCUT2D eigenvalue weighted by molar-refractivity contribution is 7.03. The highest BCUT2D eigenvalue weighted by atomic mass is 32.1. The summed E-state index contributed by atoms with van der Waals surface area (Å²) in [6.45, 7) is 8.53. The van der Waals surface area contributed by atoms with E-state index in [-0.39, 0.29) is 35.6 Å². The van der Waals surface area contributed by atoms with Crippen LogP contribution in [0.5, 0.6) is 0 Å². The van der Waals surface area contributed by atoms with E-state index in [0.29, 0.717) is 11.6 Å². The third kappa shape index (κ3) is 6.54. The minimum absolute atomic E-state index is 0.160. The van der Waals surface area contributed by atoms with Gasteiger partial charge in [0, 0.05) is 11.5 Å². The van der Waals surface area contributed by atoms with Crippen LogP contribution in [-0.4, -0.2) is 14.5 Å². The molecule has 0 saturated heterocycles. The average molecular weight is 517 g/mol. The Kier molecular flexibility index (Phi) is 8.24. The summed E-state index contributed by atoms with van der Waals surface area (Å²) in [5.74, 6) is -0.0427. The largest absolute Gasteiger partial charge is 0.460 e. The molecule has 0 aliphatic rings. The first kappa shape index (κ1) is 26.4. The van der Waals surface area contributed by atoms with Gasteiger partial charge in [-0.25, -0.2) is 13.3 Å². The number of hydrogen-bond acceptors (Lipinski definition) is 5. The zero-order chi connectivity index (χ0) is 26.5. The summed E-state index contributed by atoms with van der Waals surface area (Å²) < 4.78 is 8.19. The van der Waals surface area contributed by atoms with Crippen molar-refractivity contribution < 1.29 is 9.53 Å². The van der Waals surface area contributed by atoms with Gasteiger partial charge in [-0.1, -0.05) is 80.1 Å². The molecule has 1 heterocycles. The number of aryl methyl sites for hydroxylation is 1. The Balaban J connectivity index is 1.36. The SMILES string of the molecule is Cc1ccc(-n2sc(=O)n(Cc3ccc(COC(=O)C(C)c4ccc(CC(C)C)cc4)cc3)c2=O)cc1. The van der Waals surface area contributed by atoms with Gasteiger partial charge in [0.05, 0.1) is 18.2 Å². The van der Waals surface area contributed by atoms with Crippen molar-refractivity contribution in [3.05, 3.63) is 121 Å². The molecule has 7 heteroatoms. The van der Waals surface area contributed by atoms with Gasteiger partial charge in [-0.2, -0.15) is 0 Å². The number of aromatic nitrogens is 2. The van der Waals surface area contributed by atoms with Crippen LogP contribution in [0.3, 0.4) is 0 Å². The first-order valence-corrected chi connectivity index (χ1v) is 13.2. The fourth-order valence-corrected chi connectivity index (χ4v) is 4.88. The highest BCUT2D eigenvalue weighted by Gasteiger charge is 2.17. The Morgan fingerprint density at radius 3 is 2.05 bits per heavy atom. The Morgan fingerprint density at radius 1 is 0.838 bits per heavy atom. The van der Waals surface area contributed by atoms with Gasteiger partial charge < -0.3 is 4.74 Å². The zero-order valence-corrected chi connectivity index (χ0v) is 22.5. The molecule has 0 spiro atoms. The number of benzene rings is 3. The molecule has 4 aromatic rings. The molecule has 37 heavy (non-hydrogen) atoms. The Bertz CT molecular complexity index is 1460. The second-order valence-corrected chi connectivity index (χ2v) is 10.7. The van der Waals surface area contributed by atoms with E-state index >= 15 is 0 Å². The third-order valence-corrected chi connectivity index (χ3v) is 7.21. The summed E-state index contributed by atoms with van der Waals surface area (Å²) in [6.07, 6.45) is 1.01. The van der Waals surface area contributed by atoms with Crippen LogP contribution in [0.2, 0.25) is 0 Å². The normalized spacial score (nSPS) is 12.0. The molecule has 0 bridgehead atoms. The van der Waals surface area contributed by atoms with Gasteiger partial charge in [-0.3, -0.25) is 9.59 Å². The molecule has 0 N–H and O–H groups in total. The maximum atomic E-state index is 12.8. The van der Waals surface area contributed by atoms with Crippen molar-refractivity contribution in [2.75, 3.05) is 0 Å². The van der Waals surface area contributed by atoms with Crippen LogP contribution in [0.1, 0.15) is 54.5 Å². The Morgan fingerprint density at radius 2 is 1.43 bits per heavy atom. The third-order valence-electron chi connectivity index (χ3n) is 6.28. The number of carbonyl (C=O) groups is 1. The predicted octanol–water partition coefficient (Wildman–Crippen LogP) is 5.46. The van der Waals surface area contributed by atoms with Crippen LogP contribution in [0.4, 0.5) is 0 Å². The van der Waals surface area contributed by atoms with Gasteiger partial charge in [0.15, 0.2) is 0 Å². The maximum Gasteiger partial charge on any atom is 0.346 e. The second-order valence-electron chi connectivity index (χ2n) is 9.84. The molecule has 0 amide bonds. The molecule has 0 radical (unpaired) electrons. The summed E-state index contributed by atoms with van der Waals surface area (Å²) in [6, 6.07) is 23.0. The fourth-order valence-electron chi connectivity index (χ4n) is 4.08. The lowest BCUT2D eigenvalue weighted by Crippen LogP contribution is -2.28. The van der Waals surface area contributed by atoms with Crippen molar-refractivity contribution >= 4 is 17.5 Å². The van der Waals surface area contributed by atoms with Gasteiger partial charge in [-0.15, -0.1) is 0 Å². The fraction of sp³-hybridized carbons (Fsp3) is 0.300. The molecule has 1 unspecified atom stereocenters. The number of rotatable bonds is 9. The molecule has 1 atom stereocenters. The van der Waals surface area contributed by atoms with E-state index in [4.69, 9.17) is 4.74 Å². The molecular formula is C30H32N2O4S. The lowest BCUT2D eigenvalue weighted by molar-refractivity contribution is -0.146. The molecule has 3 aromatic carbocycles. The van der Waals surface area contributed by atoms with Gasteiger partial charge in [0.25, 0.3) is 0 Å². The van der Waals surface area contributed by atoms with Gasteiger partial charge in [-0.05, 0) is 60.6 Å². The number of carbonyl (C=O) groups excluding carboxylic acids is 1. The zero-order valence-electron chi connectivity index (χ0n) is 21.6. The van der Waals surface area contributed by atoms with E-state index in [1.807, 2.05) is 74.5 Å². The van der Waals surface area contributed by atoms with Gasteiger partial charge >= 0.3 is 16.5 Å². The number of nitrogens with zero attached hydrogens (tertiary/aromatic N) is 2. The monoisotopic (exact) mass is 516 g/mol. The highest BCUT2D eigenvalue weighted by Crippen LogP contribution is 2.20. The summed E-state index contributed by atoms with van der Waals surface area (Å²) in [7, 11) is 0. The van der Waals surface area contributed by atoms with E-state index < -0.39 is 0 Å². The summed E-state index contributed by atoms with van der Waals surface area (Å²) >= 11 is 0.892. The molecule has 6 nitrogen and oxygen atoms in total. The lowest BCUT2D eigenvalue weighted by atomic mass is 9.97. The standard InChI is InChI=1S/C30H32N2O4S/c1-20(2)17-23-11-13-26(14-12-23)22(4)28(33)36-19-25-9-7-24(8-10-25)18-31-29(34)32(37-30(31)35)27-15-5-21(3)6-16-27/h5-16,20,22H,17-19H2,1-4H3. The summed E-state index contributed by atoms with van der Waals surface area (Å²) in [4.78, 5) is 37.6. The van der Waals surface area contributed by atoms with E-state index in [1.165, 1.54) is 14.1 Å². The average Bonchev–Trinajstić information content (AvgIpc) is 3.16. The smallest absolute Gasteiger partial charge is 0.346 e. The van der Waals surface area contributed by atoms with Crippen molar-refractivity contribution in [3.8, 4) is 5.69 Å². The number of esters is 1. The van der Waals surface area contributed by atoms with Crippen molar-refractivity contribution in [1.82, 2.24) is 8.52 Å². The molecule has 1 aromatic heterocycles. The lowest BCUT2D eigenvalue weighted by Gasteiger charge is -2.13. The second kappa shape index (κ2) is 11.6. The Hall–Kier alpha value is -3.71. The first-order valence-electron chi connectivity index (χ1n) is 12.4. The first-order chi connectivity index (χ1) is 17.7. The topological polar surface area (TPSA) is 70.3 Å². The summed E-state index contributed by atoms with van der Waals surface area (Å²) in [5, 5.41) is 0. The molecule has 0 aliphatic carbocycles. The van der Waals surface area contributed by atoms with Gasteiger partial charge in [0.1, 0.15) is 6.61 Å². The van der Waals surface area contributed by atoms with Gasteiger partial charge in [0.2, 0.25) is 0 Å². The number of ether oxygens (including phenoxy) is 1. The molecular weight excluding hydrogens is 484 g/mol. The van der Waals surface area contributed by atoms with E-state index in [9.17, 15) is 14.4 Å². The van der Waals surface area contributed by atoms with Crippen LogP contribution in [0.15, 0.2) is 82.4 Å². The van der Waals surface area contributed by atoms with Crippen LogP contribution in [-0.2, 0) is 29.1 Å². The molecule has 192 valence electrons. The van der Waals surface area contributed by atoms with Crippen molar-refractivity contribution in [3.63, 3.8) is 0 Å². The molecule has 0 saturated carbocycles. The predicted molar refractivity (Wildman–Crippen MR) is 148 cm³/mol. The van der Waals surface area contributed by atoms with Crippen LogP contribution >= 0.6 is 11.5 Å². The minimum atomic E-state index is -0.358. The maximum absolute atomic E-state index is 12.8. The van der Waals surface area contributed by atoms with Crippen LogP contribution in [0.25, 0.3) is 5.69 Å². The van der Waals surface area contributed by atoms with E-state index in [1.54, 1.807) is 0 Å². The molecule has 0 aliphatic heterocycles. The number of hydrogen-bond donors (Lipinski definition) is 0. The van der Waals surface area contributed by atoms with E-state index in [0.717, 1.165) is 40.2 Å². The van der Waals surface area contributed by atoms with Crippen LogP contribution < -0.4 is 10.6 Å². The summed E-state index contributed by atoms with van der Waals surface area (Å²) in [5.41, 5.74) is 5.25. The molecule has 0 fully saturated rings. The Labute approximate surface area is 220 Å². The van der Waals surface area contributed by atoms with Crippen LogP contribution in [0, 0.1) is 12.8 Å². The van der Waals surface area contributed by atoms with Crippen molar-refractivity contribution in [2.24, 2.45) is 5.92 Å². The van der Waals surface area contributed by atoms with E-state index in [2.05, 4.69) is 26.0 Å².